The molecule has 0 aromatic carbocycles. The molecule has 0 aromatic heterocycles. The fourth-order valence-electron chi connectivity index (χ4n) is 1.02. The van der Waals surface area contributed by atoms with Crippen molar-refractivity contribution in [1.82, 2.24) is 0 Å². The number of ether oxygens (including phenoxy) is 2. The Kier molecular flexibility index (Phi) is 6.60. The summed E-state index contributed by atoms with van der Waals surface area (Å²) >= 11 is 0. The van der Waals surface area contributed by atoms with Crippen LogP contribution >= 0.6 is 0 Å². The molecule has 0 saturated heterocycles. The van der Waals surface area contributed by atoms with Crippen molar-refractivity contribution in [3.63, 3.8) is 0 Å². The van der Waals surface area contributed by atoms with Crippen LogP contribution in [0.3, 0.4) is 0 Å². The lowest BCUT2D eigenvalue weighted by Gasteiger charge is -2.19. The van der Waals surface area contributed by atoms with Crippen molar-refractivity contribution < 1.29 is 32.2 Å². The average Bonchev–Trinajstić information content (AvgIpc) is 2.16. The molecular weight excluding hydrogens is 241 g/mol. The van der Waals surface area contributed by atoms with Gasteiger partial charge in [0, 0.05) is 6.42 Å². The first kappa shape index (κ1) is 15.7. The smallest absolute Gasteiger partial charge is 0.426 e. The highest BCUT2D eigenvalue weighted by molar-refractivity contribution is 5.72. The molecule has 1 unspecified atom stereocenters. The van der Waals surface area contributed by atoms with Gasteiger partial charge in [-0.15, -0.1) is 0 Å². The molecule has 0 aliphatic rings. The van der Waals surface area contributed by atoms with Gasteiger partial charge in [0.2, 0.25) is 6.10 Å². The molecule has 0 aliphatic carbocycles. The maximum Gasteiger partial charge on any atom is 0.426 e. The molecule has 0 aromatic rings. The summed E-state index contributed by atoms with van der Waals surface area (Å²) in [4.78, 5) is 21.9. The Balaban J connectivity index is 4.45. The van der Waals surface area contributed by atoms with Crippen LogP contribution in [0.2, 0.25) is 0 Å². The molecule has 100 valence electrons. The lowest BCUT2D eigenvalue weighted by Crippen LogP contribution is -2.36. The zero-order valence-corrected chi connectivity index (χ0v) is 9.67. The minimum absolute atomic E-state index is 0.0215. The SMILES string of the molecule is CCCC(=O)OC(CC(=O)OCC)C(F)(F)F. The molecule has 4 nitrogen and oxygen atoms in total. The van der Waals surface area contributed by atoms with Gasteiger partial charge in [-0.25, -0.2) is 0 Å². The predicted molar refractivity (Wildman–Crippen MR) is 52.1 cm³/mol. The van der Waals surface area contributed by atoms with Crippen molar-refractivity contribution in [2.45, 2.75) is 45.4 Å². The number of carbonyl (C=O) groups is 2. The van der Waals surface area contributed by atoms with E-state index < -0.39 is 30.6 Å². The van der Waals surface area contributed by atoms with Crippen LogP contribution in [0.15, 0.2) is 0 Å². The summed E-state index contributed by atoms with van der Waals surface area (Å²) in [5.41, 5.74) is 0. The molecule has 0 rings (SSSR count). The first-order chi connectivity index (χ1) is 7.81. The minimum Gasteiger partial charge on any atom is -0.466 e. The molecule has 0 N–H and O–H groups in total. The predicted octanol–water partition coefficient (Wildman–Crippen LogP) is 2.21. The number of hydrogen-bond acceptors (Lipinski definition) is 4. The molecule has 0 heterocycles. The third kappa shape index (κ3) is 6.80. The second kappa shape index (κ2) is 7.13. The van der Waals surface area contributed by atoms with E-state index in [0.717, 1.165) is 0 Å². The van der Waals surface area contributed by atoms with Crippen molar-refractivity contribution >= 4 is 11.9 Å². The maximum absolute atomic E-state index is 12.4. The van der Waals surface area contributed by atoms with Crippen LogP contribution in [-0.2, 0) is 19.1 Å². The molecule has 1 atom stereocenters. The molecule has 0 radical (unpaired) electrons. The van der Waals surface area contributed by atoms with E-state index in [1.807, 2.05) is 0 Å². The standard InChI is InChI=1S/C10H15F3O4/c1-3-5-8(14)17-7(10(11,12)13)6-9(15)16-4-2/h7H,3-6H2,1-2H3. The zero-order chi connectivity index (χ0) is 13.5. The molecule has 0 spiro atoms. The highest BCUT2D eigenvalue weighted by Gasteiger charge is 2.44. The molecule has 0 bridgehead atoms. The van der Waals surface area contributed by atoms with E-state index in [9.17, 15) is 22.8 Å². The first-order valence-electron chi connectivity index (χ1n) is 5.23. The van der Waals surface area contributed by atoms with Crippen LogP contribution in [0, 0.1) is 0 Å². The molecule has 7 heteroatoms. The maximum atomic E-state index is 12.4. The molecule has 0 saturated carbocycles. The number of carbonyl (C=O) groups excluding carboxylic acids is 2. The summed E-state index contributed by atoms with van der Waals surface area (Å²) in [5, 5.41) is 0. The average molecular weight is 256 g/mol. The number of hydrogen-bond donors (Lipinski definition) is 0. The molecule has 0 amide bonds. The highest BCUT2D eigenvalue weighted by Crippen LogP contribution is 2.26. The zero-order valence-electron chi connectivity index (χ0n) is 9.67. The van der Waals surface area contributed by atoms with Gasteiger partial charge in [0.15, 0.2) is 0 Å². The van der Waals surface area contributed by atoms with Gasteiger partial charge in [-0.2, -0.15) is 13.2 Å². The number of rotatable bonds is 6. The monoisotopic (exact) mass is 256 g/mol. The third-order valence-electron chi connectivity index (χ3n) is 1.75. The van der Waals surface area contributed by atoms with Crippen LogP contribution in [0.4, 0.5) is 13.2 Å². The Morgan fingerprint density at radius 3 is 2.18 bits per heavy atom. The first-order valence-corrected chi connectivity index (χ1v) is 5.23. The molecular formula is C10H15F3O4. The molecule has 17 heavy (non-hydrogen) atoms. The van der Waals surface area contributed by atoms with Crippen LogP contribution in [0.25, 0.3) is 0 Å². The van der Waals surface area contributed by atoms with Gasteiger partial charge in [0.05, 0.1) is 13.0 Å². The summed E-state index contributed by atoms with van der Waals surface area (Å²) in [5.74, 6) is -2.02. The summed E-state index contributed by atoms with van der Waals surface area (Å²) in [6, 6.07) is 0. The van der Waals surface area contributed by atoms with E-state index in [-0.39, 0.29) is 13.0 Å². The van der Waals surface area contributed by atoms with Gasteiger partial charge in [0.1, 0.15) is 0 Å². The van der Waals surface area contributed by atoms with E-state index >= 15 is 0 Å². The van der Waals surface area contributed by atoms with Crippen LogP contribution in [0.5, 0.6) is 0 Å². The Bertz CT molecular complexity index is 243. The topological polar surface area (TPSA) is 52.6 Å². The number of halogens is 3. The van der Waals surface area contributed by atoms with Gasteiger partial charge in [-0.1, -0.05) is 6.92 Å². The second-order valence-corrected chi connectivity index (χ2v) is 3.28. The Morgan fingerprint density at radius 2 is 1.76 bits per heavy atom. The number of alkyl halides is 3. The third-order valence-corrected chi connectivity index (χ3v) is 1.75. The van der Waals surface area contributed by atoms with Crippen LogP contribution in [0.1, 0.15) is 33.1 Å². The van der Waals surface area contributed by atoms with Crippen molar-refractivity contribution in [2.75, 3.05) is 6.61 Å². The lowest BCUT2D eigenvalue weighted by molar-refractivity contribution is -0.224. The summed E-state index contributed by atoms with van der Waals surface area (Å²) < 4.78 is 45.9. The van der Waals surface area contributed by atoms with Crippen molar-refractivity contribution in [3.05, 3.63) is 0 Å². The summed E-state index contributed by atoms with van der Waals surface area (Å²) in [6.07, 6.45) is -7.94. The largest absolute Gasteiger partial charge is 0.466 e. The molecule has 0 aliphatic heterocycles. The van der Waals surface area contributed by atoms with E-state index in [1.165, 1.54) is 6.92 Å². The Hall–Kier alpha value is -1.27. The van der Waals surface area contributed by atoms with Gasteiger partial charge in [0.25, 0.3) is 0 Å². The Morgan fingerprint density at radius 1 is 1.18 bits per heavy atom. The van der Waals surface area contributed by atoms with Gasteiger partial charge < -0.3 is 9.47 Å². The fourth-order valence-corrected chi connectivity index (χ4v) is 1.02. The van der Waals surface area contributed by atoms with Crippen LogP contribution in [-0.4, -0.2) is 30.8 Å². The van der Waals surface area contributed by atoms with Crippen molar-refractivity contribution in [3.8, 4) is 0 Å². The minimum atomic E-state index is -4.77. The van der Waals surface area contributed by atoms with Gasteiger partial charge >= 0.3 is 18.1 Å². The van der Waals surface area contributed by atoms with Gasteiger partial charge in [-0.05, 0) is 13.3 Å². The fraction of sp³-hybridized carbons (Fsp3) is 0.800. The van der Waals surface area contributed by atoms with E-state index in [1.54, 1.807) is 6.92 Å². The van der Waals surface area contributed by atoms with Crippen LogP contribution < -0.4 is 0 Å². The quantitative estimate of drug-likeness (QED) is 0.684. The summed E-state index contributed by atoms with van der Waals surface area (Å²) in [7, 11) is 0. The normalized spacial score (nSPS) is 13.0. The lowest BCUT2D eigenvalue weighted by atomic mass is 10.2. The number of esters is 2. The van der Waals surface area contributed by atoms with E-state index in [0.29, 0.717) is 6.42 Å². The van der Waals surface area contributed by atoms with E-state index in [2.05, 4.69) is 9.47 Å². The second-order valence-electron chi connectivity index (χ2n) is 3.28. The van der Waals surface area contributed by atoms with Crippen molar-refractivity contribution in [1.29, 1.82) is 0 Å². The molecule has 0 fully saturated rings. The Labute approximate surface area is 97.1 Å². The highest BCUT2D eigenvalue weighted by atomic mass is 19.4. The van der Waals surface area contributed by atoms with Crippen molar-refractivity contribution in [2.24, 2.45) is 0 Å². The summed E-state index contributed by atoms with van der Waals surface area (Å²) in [6.45, 7) is 3.09. The van der Waals surface area contributed by atoms with Gasteiger partial charge in [-0.3, -0.25) is 9.59 Å². The van der Waals surface area contributed by atoms with E-state index in [4.69, 9.17) is 0 Å².